The van der Waals surface area contributed by atoms with E-state index >= 15 is 0 Å². The van der Waals surface area contributed by atoms with Crippen molar-refractivity contribution in [2.45, 2.75) is 37.3 Å². The van der Waals surface area contributed by atoms with Crippen LogP contribution < -0.4 is 4.90 Å². The highest BCUT2D eigenvalue weighted by atomic mass is 32.1. The number of rotatable bonds is 3. The maximum absolute atomic E-state index is 10.6. The second-order valence-corrected chi connectivity index (χ2v) is 9.20. The number of hydrogen-bond acceptors (Lipinski definition) is 7. The topological polar surface area (TPSA) is 103 Å². The number of anilines is 1. The molecule has 0 saturated carbocycles. The summed E-state index contributed by atoms with van der Waals surface area (Å²) in [4.78, 5) is 28.5. The number of morpholine rings is 1. The van der Waals surface area contributed by atoms with E-state index in [2.05, 4.69) is 38.4 Å². The lowest BCUT2D eigenvalue weighted by atomic mass is 9.90. The summed E-state index contributed by atoms with van der Waals surface area (Å²) >= 11 is 1.85. The van der Waals surface area contributed by atoms with Crippen molar-refractivity contribution < 1.29 is 50.9 Å². The highest BCUT2D eigenvalue weighted by molar-refractivity contribution is 7.09. The maximum atomic E-state index is 10.6. The van der Waals surface area contributed by atoms with Crippen molar-refractivity contribution >= 4 is 29.0 Å². The SMILES string of the molecule is O=C(O)C(F)(F)F.O=C(O)C(F)(F)F.c1cncc(N2CCCC3(CN(Cc4cccs4)CCO3)C2)c1. The van der Waals surface area contributed by atoms with Crippen molar-refractivity contribution in [1.82, 2.24) is 9.88 Å². The second kappa shape index (κ2) is 13.1. The van der Waals surface area contributed by atoms with Gasteiger partial charge >= 0.3 is 24.3 Å². The van der Waals surface area contributed by atoms with Gasteiger partial charge in [-0.05, 0) is 36.4 Å². The zero-order chi connectivity index (χ0) is 27.7. The minimum atomic E-state index is -5.08. The molecule has 8 nitrogen and oxygen atoms in total. The number of hydrogen-bond donors (Lipinski definition) is 2. The van der Waals surface area contributed by atoms with Gasteiger partial charge in [-0.1, -0.05) is 6.07 Å². The van der Waals surface area contributed by atoms with E-state index in [-0.39, 0.29) is 5.60 Å². The number of halogens is 6. The number of piperidine rings is 1. The number of carbonyl (C=O) groups is 2. The molecule has 1 unspecified atom stereocenters. The van der Waals surface area contributed by atoms with Gasteiger partial charge in [0.25, 0.3) is 0 Å². The lowest BCUT2D eigenvalue weighted by Crippen LogP contribution is -2.59. The lowest BCUT2D eigenvalue weighted by molar-refractivity contribution is -0.193. The van der Waals surface area contributed by atoms with Gasteiger partial charge in [0.15, 0.2) is 0 Å². The van der Waals surface area contributed by atoms with E-state index in [9.17, 15) is 26.3 Å². The lowest BCUT2D eigenvalue weighted by Gasteiger charge is -2.48. The Labute approximate surface area is 212 Å². The van der Waals surface area contributed by atoms with E-state index in [1.165, 1.54) is 17.0 Å². The molecule has 2 aromatic rings. The van der Waals surface area contributed by atoms with Gasteiger partial charge in [-0.25, -0.2) is 9.59 Å². The van der Waals surface area contributed by atoms with E-state index in [0.29, 0.717) is 0 Å². The van der Waals surface area contributed by atoms with Crippen LogP contribution in [0.3, 0.4) is 0 Å². The van der Waals surface area contributed by atoms with Gasteiger partial charge in [-0.2, -0.15) is 26.3 Å². The third-order valence-corrected chi connectivity index (χ3v) is 6.18. The molecule has 0 amide bonds. The zero-order valence-corrected chi connectivity index (χ0v) is 20.2. The Morgan fingerprint density at radius 3 is 2.19 bits per heavy atom. The molecule has 2 fully saturated rings. The van der Waals surface area contributed by atoms with Crippen LogP contribution in [-0.4, -0.2) is 82.8 Å². The van der Waals surface area contributed by atoms with Gasteiger partial charge < -0.3 is 19.8 Å². The van der Waals surface area contributed by atoms with Crippen molar-refractivity contribution in [1.29, 1.82) is 0 Å². The molecule has 0 radical (unpaired) electrons. The van der Waals surface area contributed by atoms with E-state index in [4.69, 9.17) is 24.5 Å². The first-order chi connectivity index (χ1) is 17.2. The molecule has 2 N–H and O–H groups in total. The predicted molar refractivity (Wildman–Crippen MR) is 121 cm³/mol. The van der Waals surface area contributed by atoms with Crippen molar-refractivity contribution in [2.75, 3.05) is 37.7 Å². The summed E-state index contributed by atoms with van der Waals surface area (Å²) in [7, 11) is 0. The smallest absolute Gasteiger partial charge is 0.475 e. The van der Waals surface area contributed by atoms with E-state index < -0.39 is 24.3 Å². The van der Waals surface area contributed by atoms with Gasteiger partial charge in [0.05, 0.1) is 24.1 Å². The van der Waals surface area contributed by atoms with Gasteiger partial charge in [0.2, 0.25) is 0 Å². The number of aromatic nitrogens is 1. The minimum absolute atomic E-state index is 0.0242. The van der Waals surface area contributed by atoms with E-state index in [1.54, 1.807) is 0 Å². The van der Waals surface area contributed by atoms with Gasteiger partial charge in [0.1, 0.15) is 0 Å². The van der Waals surface area contributed by atoms with Crippen molar-refractivity contribution in [3.63, 3.8) is 0 Å². The first-order valence-electron chi connectivity index (χ1n) is 10.9. The van der Waals surface area contributed by atoms with Crippen molar-refractivity contribution in [3.05, 3.63) is 46.9 Å². The van der Waals surface area contributed by atoms with E-state index in [0.717, 1.165) is 45.8 Å². The number of aliphatic carboxylic acids is 2. The molecule has 15 heteroatoms. The van der Waals surface area contributed by atoms with Crippen LogP contribution in [0, 0.1) is 0 Å². The van der Waals surface area contributed by atoms with Crippen LogP contribution in [0.5, 0.6) is 0 Å². The van der Waals surface area contributed by atoms with Crippen LogP contribution in [0.15, 0.2) is 42.0 Å². The van der Waals surface area contributed by atoms with Crippen LogP contribution in [-0.2, 0) is 20.9 Å². The Kier molecular flexibility index (Phi) is 10.7. The Morgan fingerprint density at radius 1 is 1.03 bits per heavy atom. The van der Waals surface area contributed by atoms with Crippen molar-refractivity contribution in [2.24, 2.45) is 0 Å². The molecule has 0 aromatic carbocycles. The Bertz CT molecular complexity index is 963. The summed E-state index contributed by atoms with van der Waals surface area (Å²) in [6.45, 7) is 6.03. The fourth-order valence-electron chi connectivity index (χ4n) is 3.79. The molecule has 2 saturated heterocycles. The molecule has 37 heavy (non-hydrogen) atoms. The van der Waals surface area contributed by atoms with Crippen LogP contribution >= 0.6 is 11.3 Å². The molecule has 2 aliphatic rings. The summed E-state index contributed by atoms with van der Waals surface area (Å²) in [5.74, 6) is -5.51. The molecule has 1 spiro atoms. The molecule has 1 atom stereocenters. The molecule has 2 aliphatic heterocycles. The van der Waals surface area contributed by atoms with Crippen LogP contribution in [0.1, 0.15) is 17.7 Å². The summed E-state index contributed by atoms with van der Waals surface area (Å²) in [5, 5.41) is 16.4. The highest BCUT2D eigenvalue weighted by Gasteiger charge is 2.41. The molecule has 4 heterocycles. The molecule has 4 rings (SSSR count). The number of thiophene rings is 1. The summed E-state index contributed by atoms with van der Waals surface area (Å²) < 4.78 is 69.8. The normalized spacial score (nSPS) is 20.3. The number of carboxylic acids is 2. The number of pyridine rings is 1. The quantitative estimate of drug-likeness (QED) is 0.540. The number of ether oxygens (including phenoxy) is 1. The average Bonchev–Trinajstić information content (AvgIpc) is 3.32. The van der Waals surface area contributed by atoms with Crippen LogP contribution in [0.25, 0.3) is 0 Å². The maximum Gasteiger partial charge on any atom is 0.490 e. The predicted octanol–water partition coefficient (Wildman–Crippen LogP) is 4.28. The number of carboxylic acid groups (broad SMARTS) is 2. The molecule has 0 bridgehead atoms. The summed E-state index contributed by atoms with van der Waals surface area (Å²) in [6.07, 6.45) is -4.03. The largest absolute Gasteiger partial charge is 0.490 e. The minimum Gasteiger partial charge on any atom is -0.475 e. The second-order valence-electron chi connectivity index (χ2n) is 8.16. The summed E-state index contributed by atoms with van der Waals surface area (Å²) in [6, 6.07) is 8.54. The zero-order valence-electron chi connectivity index (χ0n) is 19.3. The van der Waals surface area contributed by atoms with Crippen LogP contribution in [0.2, 0.25) is 0 Å². The Hall–Kier alpha value is -2.91. The van der Waals surface area contributed by atoms with Gasteiger partial charge in [0, 0.05) is 43.8 Å². The standard InChI is InChI=1S/C18H23N3OS.2C2HF3O2/c1-4-16(12-19-7-1)21-8-3-6-18(15-21)14-20(9-10-22-18)13-17-5-2-11-23-17;2*3-2(4,5)1(6)7/h1-2,4-5,7,11-12H,3,6,8-10,13-15H2;2*(H,6,7). The fourth-order valence-corrected chi connectivity index (χ4v) is 4.53. The third kappa shape index (κ3) is 10.2. The van der Waals surface area contributed by atoms with Crippen LogP contribution in [0.4, 0.5) is 32.0 Å². The van der Waals surface area contributed by atoms with E-state index in [1.807, 2.05) is 29.8 Å². The number of alkyl halides is 6. The fraction of sp³-hybridized carbons (Fsp3) is 0.500. The van der Waals surface area contributed by atoms with Gasteiger partial charge in [-0.3, -0.25) is 9.88 Å². The highest BCUT2D eigenvalue weighted by Crippen LogP contribution is 2.32. The first-order valence-corrected chi connectivity index (χ1v) is 11.7. The molecular formula is C22H25F6N3O5S. The molecular weight excluding hydrogens is 532 g/mol. The Morgan fingerprint density at radius 2 is 1.68 bits per heavy atom. The molecule has 0 aliphatic carbocycles. The third-order valence-electron chi connectivity index (χ3n) is 5.32. The monoisotopic (exact) mass is 557 g/mol. The first kappa shape index (κ1) is 30.3. The van der Waals surface area contributed by atoms with Gasteiger partial charge in [-0.15, -0.1) is 11.3 Å². The number of nitrogens with zero attached hydrogens (tertiary/aromatic N) is 3. The van der Waals surface area contributed by atoms with Crippen molar-refractivity contribution in [3.8, 4) is 0 Å². The summed E-state index contributed by atoms with van der Waals surface area (Å²) in [5.41, 5.74) is 1.19. The average molecular weight is 558 g/mol. The molecule has 206 valence electrons. The molecule has 2 aromatic heterocycles. The Balaban J connectivity index is 0.000000286.